The summed E-state index contributed by atoms with van der Waals surface area (Å²) in [6, 6.07) is 24.5. The maximum atomic E-state index is 12.9. The van der Waals surface area contributed by atoms with Crippen LogP contribution in [0.1, 0.15) is 35.6 Å². The summed E-state index contributed by atoms with van der Waals surface area (Å²) in [5.74, 6) is 0.328. The predicted molar refractivity (Wildman–Crippen MR) is 132 cm³/mol. The number of sulfonamides is 1. The van der Waals surface area contributed by atoms with Crippen molar-refractivity contribution in [2.24, 2.45) is 0 Å². The highest BCUT2D eigenvalue weighted by Crippen LogP contribution is 2.30. The quantitative estimate of drug-likeness (QED) is 0.479. The molecule has 0 saturated carbocycles. The summed E-state index contributed by atoms with van der Waals surface area (Å²) in [7, 11) is -2.04. The molecule has 0 unspecified atom stereocenters. The molecule has 0 fully saturated rings. The standard InChI is InChI=1S/C26H30N2O4S/c1-20-15-17-22(18-16-20)26(21-10-5-4-6-11-21)27-25(29)14-9-19-28(33(3,30)31)23-12-7-8-13-24(23)32-2/h4-8,10-13,15-18,26H,9,14,19H2,1-3H3,(H,27,29)/t26-/m1/s1. The van der Waals surface area contributed by atoms with Gasteiger partial charge in [0.2, 0.25) is 15.9 Å². The summed E-state index contributed by atoms with van der Waals surface area (Å²) in [6.07, 6.45) is 1.71. The van der Waals surface area contributed by atoms with Gasteiger partial charge in [-0.3, -0.25) is 9.10 Å². The van der Waals surface area contributed by atoms with Crippen LogP contribution in [0.25, 0.3) is 0 Å². The fraction of sp³-hybridized carbons (Fsp3) is 0.269. The predicted octanol–water partition coefficient (Wildman–Crippen LogP) is 4.46. The number of amides is 1. The molecule has 33 heavy (non-hydrogen) atoms. The first-order chi connectivity index (χ1) is 15.8. The van der Waals surface area contributed by atoms with Gasteiger partial charge in [-0.05, 0) is 36.6 Å². The van der Waals surface area contributed by atoms with Gasteiger partial charge < -0.3 is 10.1 Å². The van der Waals surface area contributed by atoms with Crippen LogP contribution in [0.5, 0.6) is 5.75 Å². The second-order valence-corrected chi connectivity index (χ2v) is 9.84. The zero-order valence-electron chi connectivity index (χ0n) is 19.2. The van der Waals surface area contributed by atoms with E-state index in [0.717, 1.165) is 22.9 Å². The minimum absolute atomic E-state index is 0.141. The fourth-order valence-electron chi connectivity index (χ4n) is 3.68. The Morgan fingerprint density at radius 1 is 0.939 bits per heavy atom. The average molecular weight is 467 g/mol. The molecule has 0 bridgehead atoms. The number of carbonyl (C=O) groups is 1. The van der Waals surface area contributed by atoms with E-state index in [2.05, 4.69) is 5.32 Å². The highest BCUT2D eigenvalue weighted by molar-refractivity contribution is 7.92. The third kappa shape index (κ3) is 6.58. The van der Waals surface area contributed by atoms with Crippen LogP contribution >= 0.6 is 0 Å². The molecule has 0 saturated heterocycles. The summed E-state index contributed by atoms with van der Waals surface area (Å²) >= 11 is 0. The van der Waals surface area contributed by atoms with Gasteiger partial charge in [-0.1, -0.05) is 72.3 Å². The van der Waals surface area contributed by atoms with E-state index in [1.54, 1.807) is 24.3 Å². The molecule has 0 aliphatic heterocycles. The minimum atomic E-state index is -3.54. The van der Waals surface area contributed by atoms with Crippen LogP contribution in [0.4, 0.5) is 5.69 Å². The van der Waals surface area contributed by atoms with Crippen molar-refractivity contribution in [2.75, 3.05) is 24.2 Å². The number of rotatable bonds is 10. The van der Waals surface area contributed by atoms with Gasteiger partial charge >= 0.3 is 0 Å². The van der Waals surface area contributed by atoms with Crippen LogP contribution in [-0.2, 0) is 14.8 Å². The lowest BCUT2D eigenvalue weighted by atomic mass is 9.97. The molecule has 0 aromatic heterocycles. The SMILES string of the molecule is COc1ccccc1N(CCCC(=O)N[C@H](c1ccccc1)c1ccc(C)cc1)S(C)(=O)=O. The number of ether oxygens (including phenoxy) is 1. The van der Waals surface area contributed by atoms with Crippen molar-refractivity contribution < 1.29 is 17.9 Å². The van der Waals surface area contributed by atoms with E-state index in [9.17, 15) is 13.2 Å². The monoisotopic (exact) mass is 466 g/mol. The Morgan fingerprint density at radius 2 is 1.55 bits per heavy atom. The maximum Gasteiger partial charge on any atom is 0.232 e. The van der Waals surface area contributed by atoms with Crippen molar-refractivity contribution in [1.82, 2.24) is 5.32 Å². The van der Waals surface area contributed by atoms with Crippen LogP contribution in [0.3, 0.4) is 0 Å². The van der Waals surface area contributed by atoms with E-state index in [4.69, 9.17) is 4.74 Å². The normalized spacial score (nSPS) is 12.1. The Kier molecular flexibility index (Phi) is 8.11. The molecule has 1 amide bonds. The lowest BCUT2D eigenvalue weighted by Gasteiger charge is -2.24. The van der Waals surface area contributed by atoms with Crippen molar-refractivity contribution in [1.29, 1.82) is 0 Å². The Bertz CT molecular complexity index is 1160. The topological polar surface area (TPSA) is 75.7 Å². The second kappa shape index (κ2) is 11.0. The number of hydrogen-bond acceptors (Lipinski definition) is 4. The number of carbonyl (C=O) groups excluding carboxylic acids is 1. The average Bonchev–Trinajstić information content (AvgIpc) is 2.81. The maximum absolute atomic E-state index is 12.9. The first kappa shape index (κ1) is 24.3. The minimum Gasteiger partial charge on any atom is -0.495 e. The van der Waals surface area contributed by atoms with Crippen molar-refractivity contribution in [3.8, 4) is 5.75 Å². The Balaban J connectivity index is 1.71. The lowest BCUT2D eigenvalue weighted by Crippen LogP contribution is -2.33. The first-order valence-corrected chi connectivity index (χ1v) is 12.7. The molecular formula is C26H30N2O4S. The van der Waals surface area contributed by atoms with E-state index in [0.29, 0.717) is 17.9 Å². The molecule has 0 aliphatic carbocycles. The molecule has 1 atom stereocenters. The van der Waals surface area contributed by atoms with E-state index < -0.39 is 10.0 Å². The molecule has 0 heterocycles. The number of anilines is 1. The van der Waals surface area contributed by atoms with Crippen LogP contribution in [0.2, 0.25) is 0 Å². The summed E-state index contributed by atoms with van der Waals surface area (Å²) in [4.78, 5) is 12.9. The van der Waals surface area contributed by atoms with Crippen molar-refractivity contribution >= 4 is 21.6 Å². The van der Waals surface area contributed by atoms with E-state index in [-0.39, 0.29) is 24.9 Å². The molecule has 3 aromatic rings. The Hall–Kier alpha value is -3.32. The smallest absolute Gasteiger partial charge is 0.232 e. The van der Waals surface area contributed by atoms with Crippen LogP contribution in [0.15, 0.2) is 78.9 Å². The largest absolute Gasteiger partial charge is 0.495 e. The van der Waals surface area contributed by atoms with Crippen molar-refractivity contribution in [3.05, 3.63) is 95.6 Å². The highest BCUT2D eigenvalue weighted by atomic mass is 32.2. The third-order valence-corrected chi connectivity index (χ3v) is 6.55. The van der Waals surface area contributed by atoms with Gasteiger partial charge in [-0.2, -0.15) is 0 Å². The number of nitrogens with zero attached hydrogens (tertiary/aromatic N) is 1. The number of hydrogen-bond donors (Lipinski definition) is 1. The number of methoxy groups -OCH3 is 1. The Morgan fingerprint density at radius 3 is 2.18 bits per heavy atom. The fourth-order valence-corrected chi connectivity index (χ4v) is 4.65. The van der Waals surface area contributed by atoms with E-state index in [1.807, 2.05) is 61.5 Å². The van der Waals surface area contributed by atoms with Gasteiger partial charge in [0, 0.05) is 13.0 Å². The summed E-state index contributed by atoms with van der Waals surface area (Å²) in [5.41, 5.74) is 3.59. The molecule has 0 radical (unpaired) electrons. The number of nitrogens with one attached hydrogen (secondary N) is 1. The molecule has 0 spiro atoms. The molecule has 3 rings (SSSR count). The summed E-state index contributed by atoms with van der Waals surface area (Å²) < 4.78 is 31.4. The molecule has 3 aromatic carbocycles. The molecule has 6 nitrogen and oxygen atoms in total. The van der Waals surface area contributed by atoms with Crippen LogP contribution in [0, 0.1) is 6.92 Å². The zero-order valence-corrected chi connectivity index (χ0v) is 20.0. The molecule has 0 aliphatic rings. The first-order valence-electron chi connectivity index (χ1n) is 10.8. The van der Waals surface area contributed by atoms with Gasteiger partial charge in [0.05, 0.1) is 25.1 Å². The van der Waals surface area contributed by atoms with Crippen LogP contribution in [-0.4, -0.2) is 34.2 Å². The third-order valence-electron chi connectivity index (χ3n) is 5.37. The summed E-state index contributed by atoms with van der Waals surface area (Å²) in [6.45, 7) is 2.20. The van der Waals surface area contributed by atoms with Crippen molar-refractivity contribution in [2.45, 2.75) is 25.8 Å². The van der Waals surface area contributed by atoms with Gasteiger partial charge in [0.15, 0.2) is 0 Å². The van der Waals surface area contributed by atoms with Gasteiger partial charge in [-0.15, -0.1) is 0 Å². The number of benzene rings is 3. The number of para-hydroxylation sites is 2. The van der Waals surface area contributed by atoms with E-state index >= 15 is 0 Å². The molecule has 7 heteroatoms. The van der Waals surface area contributed by atoms with Crippen molar-refractivity contribution in [3.63, 3.8) is 0 Å². The second-order valence-electron chi connectivity index (χ2n) is 7.93. The number of aryl methyl sites for hydroxylation is 1. The van der Waals surface area contributed by atoms with Gasteiger partial charge in [0.1, 0.15) is 5.75 Å². The summed E-state index contributed by atoms with van der Waals surface area (Å²) in [5, 5.41) is 3.11. The molecular weight excluding hydrogens is 436 g/mol. The van der Waals surface area contributed by atoms with Gasteiger partial charge in [-0.25, -0.2) is 8.42 Å². The van der Waals surface area contributed by atoms with Gasteiger partial charge in [0.25, 0.3) is 0 Å². The van der Waals surface area contributed by atoms with Crippen LogP contribution < -0.4 is 14.4 Å². The molecule has 1 N–H and O–H groups in total. The Labute approximate surface area is 196 Å². The zero-order chi connectivity index (χ0) is 23.8. The highest BCUT2D eigenvalue weighted by Gasteiger charge is 2.22. The molecule has 174 valence electrons. The van der Waals surface area contributed by atoms with E-state index in [1.165, 1.54) is 11.4 Å². The lowest BCUT2D eigenvalue weighted by molar-refractivity contribution is -0.121.